The van der Waals surface area contributed by atoms with Crippen molar-refractivity contribution in [2.24, 2.45) is 0 Å². The summed E-state index contributed by atoms with van der Waals surface area (Å²) in [5.74, 6) is 1.95. The lowest BCUT2D eigenvalue weighted by Crippen LogP contribution is -2.60. The Kier molecular flexibility index (Phi) is 4.52. The summed E-state index contributed by atoms with van der Waals surface area (Å²) in [5.41, 5.74) is 0. The average Bonchev–Trinajstić information content (AvgIpc) is 3.22. The largest absolute Gasteiger partial charge is 0.348 e. The average molecular weight is 383 g/mol. The molecule has 2 atom stereocenters. The number of carbonyl (C=O) groups is 1. The molecule has 0 bridgehead atoms. The van der Waals surface area contributed by atoms with Gasteiger partial charge in [-0.15, -0.1) is 0 Å². The minimum Gasteiger partial charge on any atom is -0.348 e. The van der Waals surface area contributed by atoms with Crippen LogP contribution >= 0.6 is 0 Å². The Morgan fingerprint density at radius 2 is 1.85 bits per heavy atom. The van der Waals surface area contributed by atoms with Crippen LogP contribution in [0.3, 0.4) is 0 Å². The van der Waals surface area contributed by atoms with Crippen molar-refractivity contribution in [3.8, 4) is 0 Å². The van der Waals surface area contributed by atoms with Crippen molar-refractivity contribution in [1.29, 1.82) is 0 Å². The van der Waals surface area contributed by atoms with Crippen molar-refractivity contribution < 1.29 is 17.7 Å². The van der Waals surface area contributed by atoms with Gasteiger partial charge in [-0.05, 0) is 12.8 Å². The molecule has 2 saturated heterocycles. The van der Waals surface area contributed by atoms with Crippen LogP contribution in [0.4, 0.5) is 0 Å². The number of amides is 1. The molecule has 1 amide bonds. The van der Waals surface area contributed by atoms with E-state index in [4.69, 9.17) is 4.52 Å². The number of fused-ring (bicyclic) bond motifs is 1. The van der Waals surface area contributed by atoms with Crippen LogP contribution in [0.5, 0.6) is 0 Å². The summed E-state index contributed by atoms with van der Waals surface area (Å²) in [6.07, 6.45) is 2.20. The second-order valence-electron chi connectivity index (χ2n) is 7.76. The van der Waals surface area contributed by atoms with Crippen LogP contribution in [-0.2, 0) is 21.2 Å². The van der Waals surface area contributed by atoms with E-state index >= 15 is 0 Å². The van der Waals surface area contributed by atoms with Gasteiger partial charge < -0.3 is 9.42 Å². The standard InChI is InChI=1S/C16H25N5O4S/c1-19(2)15(22)8-21-6-5-20(12-9-26(23,24)10-13(12)21)7-14-17-16(25-18-14)11-3-4-11/h11-13H,3-10H2,1-2H3/t12-,13+/m1/s1. The number of hydrogen-bond acceptors (Lipinski definition) is 8. The minimum atomic E-state index is -3.11. The second-order valence-corrected chi connectivity index (χ2v) is 9.92. The summed E-state index contributed by atoms with van der Waals surface area (Å²) in [5, 5.41) is 4.06. The van der Waals surface area contributed by atoms with E-state index in [1.54, 1.807) is 19.0 Å². The highest BCUT2D eigenvalue weighted by Crippen LogP contribution is 2.39. The van der Waals surface area contributed by atoms with Gasteiger partial charge in [-0.25, -0.2) is 8.42 Å². The number of carbonyl (C=O) groups excluding carboxylic acids is 1. The van der Waals surface area contributed by atoms with E-state index in [9.17, 15) is 13.2 Å². The Morgan fingerprint density at radius 3 is 2.50 bits per heavy atom. The number of hydrogen-bond donors (Lipinski definition) is 0. The monoisotopic (exact) mass is 383 g/mol. The number of sulfone groups is 1. The quantitative estimate of drug-likeness (QED) is 0.659. The van der Waals surface area contributed by atoms with E-state index in [1.165, 1.54) is 0 Å². The SMILES string of the molecule is CN(C)C(=O)CN1CCN(Cc2noc(C3CC3)n2)[C@@H]2CS(=O)(=O)C[C@@H]21. The van der Waals surface area contributed by atoms with Gasteiger partial charge in [-0.2, -0.15) is 4.98 Å². The molecule has 3 fully saturated rings. The summed E-state index contributed by atoms with van der Waals surface area (Å²) in [4.78, 5) is 22.3. The zero-order valence-corrected chi connectivity index (χ0v) is 16.0. The molecule has 0 N–H and O–H groups in total. The van der Waals surface area contributed by atoms with Crippen LogP contribution < -0.4 is 0 Å². The van der Waals surface area contributed by atoms with Crippen molar-refractivity contribution in [1.82, 2.24) is 24.8 Å². The van der Waals surface area contributed by atoms with E-state index in [-0.39, 0.29) is 36.0 Å². The van der Waals surface area contributed by atoms with Crippen molar-refractivity contribution in [3.05, 3.63) is 11.7 Å². The first-order chi connectivity index (χ1) is 12.3. The number of piperazine rings is 1. The third-order valence-corrected chi connectivity index (χ3v) is 7.20. The third kappa shape index (κ3) is 3.63. The first-order valence-electron chi connectivity index (χ1n) is 9.03. The van der Waals surface area contributed by atoms with Crippen LogP contribution in [0, 0.1) is 0 Å². The zero-order chi connectivity index (χ0) is 18.5. The van der Waals surface area contributed by atoms with E-state index in [1.807, 2.05) is 4.90 Å². The van der Waals surface area contributed by atoms with E-state index < -0.39 is 9.84 Å². The highest BCUT2D eigenvalue weighted by molar-refractivity contribution is 7.91. The van der Waals surface area contributed by atoms with Crippen LogP contribution in [0.2, 0.25) is 0 Å². The number of likely N-dealkylation sites (N-methyl/N-ethyl adjacent to an activating group) is 1. The molecular formula is C16H25N5O4S. The lowest BCUT2D eigenvalue weighted by atomic mass is 10.0. The first-order valence-corrected chi connectivity index (χ1v) is 10.9. The maximum Gasteiger partial charge on any atom is 0.236 e. The molecule has 0 aromatic carbocycles. The lowest BCUT2D eigenvalue weighted by molar-refractivity contribution is -0.131. The molecule has 0 spiro atoms. The second kappa shape index (κ2) is 6.58. The van der Waals surface area contributed by atoms with Gasteiger partial charge in [0.1, 0.15) is 0 Å². The highest BCUT2D eigenvalue weighted by Gasteiger charge is 2.47. The van der Waals surface area contributed by atoms with E-state index in [0.29, 0.717) is 37.3 Å². The molecule has 26 heavy (non-hydrogen) atoms. The van der Waals surface area contributed by atoms with Gasteiger partial charge in [0.05, 0.1) is 24.6 Å². The zero-order valence-electron chi connectivity index (χ0n) is 15.2. The van der Waals surface area contributed by atoms with Crippen LogP contribution in [-0.4, -0.2) is 96.5 Å². The molecule has 10 heteroatoms. The molecule has 1 aromatic rings. The van der Waals surface area contributed by atoms with Crippen molar-refractivity contribution in [2.45, 2.75) is 37.4 Å². The lowest BCUT2D eigenvalue weighted by Gasteiger charge is -2.43. The Hall–Kier alpha value is -1.52. The predicted octanol–water partition coefficient (Wildman–Crippen LogP) is -0.682. The Balaban J connectivity index is 1.48. The molecule has 4 rings (SSSR count). The van der Waals surface area contributed by atoms with Crippen LogP contribution in [0.1, 0.15) is 30.5 Å². The molecule has 1 aliphatic carbocycles. The normalized spacial score (nSPS) is 28.8. The Bertz CT molecular complexity index is 788. The predicted molar refractivity (Wildman–Crippen MR) is 93.2 cm³/mol. The first kappa shape index (κ1) is 17.9. The van der Waals surface area contributed by atoms with Gasteiger partial charge in [0.25, 0.3) is 0 Å². The summed E-state index contributed by atoms with van der Waals surface area (Å²) < 4.78 is 29.8. The van der Waals surface area contributed by atoms with Crippen molar-refractivity contribution in [3.63, 3.8) is 0 Å². The molecule has 0 unspecified atom stereocenters. The fourth-order valence-corrected chi connectivity index (χ4v) is 5.86. The molecule has 1 aromatic heterocycles. The van der Waals surface area contributed by atoms with Gasteiger partial charge in [0.15, 0.2) is 15.7 Å². The molecule has 3 aliphatic rings. The fourth-order valence-electron chi connectivity index (χ4n) is 3.81. The summed E-state index contributed by atoms with van der Waals surface area (Å²) in [6.45, 7) is 2.09. The smallest absolute Gasteiger partial charge is 0.236 e. The van der Waals surface area contributed by atoms with Gasteiger partial charge in [0, 0.05) is 45.2 Å². The van der Waals surface area contributed by atoms with Gasteiger partial charge in [-0.1, -0.05) is 5.16 Å². The van der Waals surface area contributed by atoms with Crippen molar-refractivity contribution >= 4 is 15.7 Å². The maximum atomic E-state index is 12.3. The molecule has 0 radical (unpaired) electrons. The summed E-state index contributed by atoms with van der Waals surface area (Å²) >= 11 is 0. The van der Waals surface area contributed by atoms with Gasteiger partial charge >= 0.3 is 0 Å². The minimum absolute atomic E-state index is 0.00580. The molecule has 144 valence electrons. The number of rotatable bonds is 5. The summed E-state index contributed by atoms with van der Waals surface area (Å²) in [7, 11) is 0.321. The van der Waals surface area contributed by atoms with E-state index in [0.717, 1.165) is 12.8 Å². The van der Waals surface area contributed by atoms with Gasteiger partial charge in [0.2, 0.25) is 11.8 Å². The topological polar surface area (TPSA) is 99.8 Å². The maximum absolute atomic E-state index is 12.3. The Labute approximate surface area is 153 Å². The van der Waals surface area contributed by atoms with Gasteiger partial charge in [-0.3, -0.25) is 14.6 Å². The van der Waals surface area contributed by atoms with Crippen LogP contribution in [0.25, 0.3) is 0 Å². The van der Waals surface area contributed by atoms with Crippen LogP contribution in [0.15, 0.2) is 4.52 Å². The molecule has 3 heterocycles. The molecule has 1 saturated carbocycles. The molecule has 2 aliphatic heterocycles. The number of aromatic nitrogens is 2. The Morgan fingerprint density at radius 1 is 1.19 bits per heavy atom. The number of nitrogens with zero attached hydrogens (tertiary/aromatic N) is 5. The van der Waals surface area contributed by atoms with E-state index in [2.05, 4.69) is 15.0 Å². The molecular weight excluding hydrogens is 358 g/mol. The summed E-state index contributed by atoms with van der Waals surface area (Å²) in [6, 6.07) is -0.293. The van der Waals surface area contributed by atoms with Crippen molar-refractivity contribution in [2.75, 3.05) is 45.2 Å². The highest BCUT2D eigenvalue weighted by atomic mass is 32.2. The molecule has 9 nitrogen and oxygen atoms in total. The third-order valence-electron chi connectivity index (χ3n) is 5.50. The fraction of sp³-hybridized carbons (Fsp3) is 0.812.